The molecule has 1 heterocycles. The van der Waals surface area contributed by atoms with Gasteiger partial charge in [0, 0.05) is 6.42 Å². The van der Waals surface area contributed by atoms with E-state index in [0.29, 0.717) is 12.8 Å². The molecule has 1 amide bonds. The van der Waals surface area contributed by atoms with Crippen molar-refractivity contribution in [2.24, 2.45) is 0 Å². The highest BCUT2D eigenvalue weighted by Gasteiger charge is 2.47. The Kier molecular flexibility index (Phi) is 40.2. The molecule has 0 radical (unpaired) electrons. The summed E-state index contributed by atoms with van der Waals surface area (Å²) in [6.45, 7) is 5.55. The van der Waals surface area contributed by atoms with Gasteiger partial charge in [0.25, 0.3) is 0 Å². The van der Waals surface area contributed by atoms with Crippen LogP contribution in [0.15, 0.2) is 72.9 Å². The summed E-state index contributed by atoms with van der Waals surface area (Å²) in [5.74, 6) is -1.28. The molecule has 6 N–H and O–H groups in total. The Morgan fingerprint density at radius 3 is 1.61 bits per heavy atom. The zero-order valence-corrected chi connectivity index (χ0v) is 41.5. The van der Waals surface area contributed by atoms with Crippen LogP contribution in [0.2, 0.25) is 0 Å². The van der Waals surface area contributed by atoms with Crippen molar-refractivity contribution in [1.82, 2.24) is 5.32 Å². The molecule has 1 saturated heterocycles. The van der Waals surface area contributed by atoms with E-state index in [1.54, 1.807) is 6.08 Å². The third kappa shape index (κ3) is 32.0. The molecule has 1 fully saturated rings. The Hall–Kier alpha value is -2.90. The Morgan fingerprint density at radius 1 is 0.606 bits per heavy atom. The molecule has 0 aliphatic carbocycles. The molecule has 8 atom stereocenters. The van der Waals surface area contributed by atoms with E-state index in [9.17, 15) is 35.1 Å². The maximum atomic E-state index is 13.3. The predicted octanol–water partition coefficient (Wildman–Crippen LogP) is 10.9. The van der Waals surface area contributed by atoms with E-state index in [2.05, 4.69) is 32.2 Å². The van der Waals surface area contributed by atoms with E-state index in [1.165, 1.54) is 103 Å². The molecule has 0 aromatic heterocycles. The van der Waals surface area contributed by atoms with Crippen LogP contribution in [-0.2, 0) is 23.8 Å². The number of hydrogen-bond donors (Lipinski definition) is 6. The monoisotopic (exact) mass is 930 g/mol. The number of rotatable bonds is 42. The second-order valence-electron chi connectivity index (χ2n) is 18.0. The summed E-state index contributed by atoms with van der Waals surface area (Å²) in [6, 6.07) is -1.06. The first kappa shape index (κ1) is 61.1. The number of carbonyl (C=O) groups is 2. The van der Waals surface area contributed by atoms with Crippen LogP contribution >= 0.6 is 0 Å². The summed E-state index contributed by atoms with van der Waals surface area (Å²) < 4.78 is 17.5. The second kappa shape index (κ2) is 43.4. The number of allylic oxidation sites excluding steroid dienone is 11. The SMILES string of the molecule is CC/C=C/C=C/C=C\C=C/C=C/CCC(O)C(=O)NC(COC1OC(CO)C(O)C(O)C1OC(=O)CCCCCCCCCCCCCCC)C(O)/C=C/CCCCCCCCCCCC. The average Bonchev–Trinajstić information content (AvgIpc) is 3.31. The number of carbonyl (C=O) groups excluding carboxylic acids is 2. The van der Waals surface area contributed by atoms with Crippen molar-refractivity contribution in [3.05, 3.63) is 72.9 Å². The topological polar surface area (TPSA) is 175 Å². The van der Waals surface area contributed by atoms with Gasteiger partial charge in [-0.2, -0.15) is 0 Å². The van der Waals surface area contributed by atoms with Gasteiger partial charge in [0.2, 0.25) is 5.91 Å². The minimum absolute atomic E-state index is 0.115. The van der Waals surface area contributed by atoms with Gasteiger partial charge in [-0.3, -0.25) is 9.59 Å². The predicted molar refractivity (Wildman–Crippen MR) is 269 cm³/mol. The summed E-state index contributed by atoms with van der Waals surface area (Å²) in [6.07, 6.45) is 42.6. The summed E-state index contributed by atoms with van der Waals surface area (Å²) in [5, 5.41) is 56.5. The minimum atomic E-state index is -1.62. The first-order chi connectivity index (χ1) is 32.2. The van der Waals surface area contributed by atoms with Gasteiger partial charge in [-0.1, -0.05) is 229 Å². The fourth-order valence-corrected chi connectivity index (χ4v) is 7.80. The van der Waals surface area contributed by atoms with E-state index in [-0.39, 0.29) is 19.4 Å². The van der Waals surface area contributed by atoms with Crippen LogP contribution in [-0.4, -0.2) is 99.6 Å². The van der Waals surface area contributed by atoms with Gasteiger partial charge in [-0.25, -0.2) is 0 Å². The fourth-order valence-electron chi connectivity index (χ4n) is 7.80. The third-order valence-electron chi connectivity index (χ3n) is 12.0. The smallest absolute Gasteiger partial charge is 0.306 e. The van der Waals surface area contributed by atoms with Gasteiger partial charge in [0.15, 0.2) is 12.4 Å². The number of unbranched alkanes of at least 4 members (excludes halogenated alkanes) is 22. The lowest BCUT2D eigenvalue weighted by Crippen LogP contribution is -2.61. The number of ether oxygens (including phenoxy) is 3. The number of aliphatic hydroxyl groups excluding tert-OH is 5. The van der Waals surface area contributed by atoms with E-state index in [1.807, 2.05) is 60.8 Å². The van der Waals surface area contributed by atoms with E-state index in [0.717, 1.165) is 51.4 Å². The molecule has 11 nitrogen and oxygen atoms in total. The van der Waals surface area contributed by atoms with Crippen LogP contribution in [0.5, 0.6) is 0 Å². The highest BCUT2D eigenvalue weighted by Crippen LogP contribution is 2.26. The van der Waals surface area contributed by atoms with E-state index in [4.69, 9.17) is 14.2 Å². The summed E-state index contributed by atoms with van der Waals surface area (Å²) in [4.78, 5) is 26.3. The molecule has 66 heavy (non-hydrogen) atoms. The number of hydrogen-bond acceptors (Lipinski definition) is 10. The molecule has 8 unspecified atom stereocenters. The Morgan fingerprint density at radius 2 is 1.09 bits per heavy atom. The molecular formula is C55H95NO10. The molecule has 0 spiro atoms. The van der Waals surface area contributed by atoms with Crippen LogP contribution in [0.4, 0.5) is 0 Å². The van der Waals surface area contributed by atoms with Gasteiger partial charge in [0.1, 0.15) is 24.4 Å². The molecule has 0 aromatic carbocycles. The lowest BCUT2D eigenvalue weighted by Gasteiger charge is -2.41. The highest BCUT2D eigenvalue weighted by molar-refractivity contribution is 5.80. The minimum Gasteiger partial charge on any atom is -0.454 e. The lowest BCUT2D eigenvalue weighted by molar-refractivity contribution is -0.305. The average molecular weight is 930 g/mol. The van der Waals surface area contributed by atoms with Crippen LogP contribution in [0.1, 0.15) is 201 Å². The van der Waals surface area contributed by atoms with Crippen molar-refractivity contribution in [3.63, 3.8) is 0 Å². The molecule has 1 rings (SSSR count). The summed E-state index contributed by atoms with van der Waals surface area (Å²) in [5.41, 5.74) is 0. The van der Waals surface area contributed by atoms with Crippen molar-refractivity contribution in [1.29, 1.82) is 0 Å². The standard InChI is InChI=1S/C55H95NO10/c1-4-7-10-13-16-19-22-25-28-31-34-37-40-43-50(60)66-53-52(62)51(61)49(44-57)65-55(53)64-45-46(47(58)41-38-35-32-29-26-23-20-17-14-11-8-5-2)56-54(63)48(59)42-39-36-33-30-27-24-21-18-15-12-9-6-3/h9,12,15,18,21,24,27,30,33,36,38,41,46-49,51-53,55,57-59,61-62H,4-8,10-11,13-14,16-17,19-20,22-23,25-26,28-29,31-32,34-35,37,39-40,42-45H2,1-3H3,(H,56,63)/b12-9+,18-15+,24-21-,30-27-,36-33+,41-38+. The normalized spacial score (nSPS) is 20.8. The van der Waals surface area contributed by atoms with E-state index < -0.39 is 67.4 Å². The maximum Gasteiger partial charge on any atom is 0.306 e. The van der Waals surface area contributed by atoms with Gasteiger partial charge in [0.05, 0.1) is 25.4 Å². The largest absolute Gasteiger partial charge is 0.454 e. The maximum absolute atomic E-state index is 13.3. The summed E-state index contributed by atoms with van der Waals surface area (Å²) >= 11 is 0. The quantitative estimate of drug-likeness (QED) is 0.0150. The van der Waals surface area contributed by atoms with Crippen molar-refractivity contribution >= 4 is 11.9 Å². The van der Waals surface area contributed by atoms with Gasteiger partial charge in [-0.15, -0.1) is 0 Å². The number of aliphatic hydroxyl groups is 5. The second-order valence-corrected chi connectivity index (χ2v) is 18.0. The number of amides is 1. The molecule has 380 valence electrons. The van der Waals surface area contributed by atoms with Crippen LogP contribution < -0.4 is 5.32 Å². The zero-order chi connectivity index (χ0) is 48.3. The molecule has 0 aromatic rings. The fraction of sp³-hybridized carbons (Fsp3) is 0.745. The lowest BCUT2D eigenvalue weighted by atomic mass is 9.99. The van der Waals surface area contributed by atoms with Crippen LogP contribution in [0.25, 0.3) is 0 Å². The van der Waals surface area contributed by atoms with Crippen molar-refractivity contribution in [2.75, 3.05) is 13.2 Å². The van der Waals surface area contributed by atoms with Crippen LogP contribution in [0.3, 0.4) is 0 Å². The number of nitrogens with one attached hydrogen (secondary N) is 1. The van der Waals surface area contributed by atoms with Crippen molar-refractivity contribution in [3.8, 4) is 0 Å². The zero-order valence-electron chi connectivity index (χ0n) is 41.5. The van der Waals surface area contributed by atoms with Crippen molar-refractivity contribution in [2.45, 2.75) is 250 Å². The van der Waals surface area contributed by atoms with Gasteiger partial charge < -0.3 is 45.1 Å². The number of esters is 1. The molecule has 0 saturated carbocycles. The first-order valence-corrected chi connectivity index (χ1v) is 26.3. The molecule has 1 aliphatic heterocycles. The molecule has 1 aliphatic rings. The highest BCUT2D eigenvalue weighted by atomic mass is 16.7. The van der Waals surface area contributed by atoms with Crippen LogP contribution in [0, 0.1) is 0 Å². The Balaban J connectivity index is 2.84. The van der Waals surface area contributed by atoms with Crippen molar-refractivity contribution < 1.29 is 49.3 Å². The van der Waals surface area contributed by atoms with Gasteiger partial charge in [-0.05, 0) is 38.5 Å². The molecular weight excluding hydrogens is 835 g/mol. The Labute approximate surface area is 400 Å². The first-order valence-electron chi connectivity index (χ1n) is 26.3. The summed E-state index contributed by atoms with van der Waals surface area (Å²) in [7, 11) is 0. The van der Waals surface area contributed by atoms with E-state index >= 15 is 0 Å². The Bertz CT molecular complexity index is 1340. The third-order valence-corrected chi connectivity index (χ3v) is 12.0. The molecule has 0 bridgehead atoms. The molecule has 11 heteroatoms. The van der Waals surface area contributed by atoms with Gasteiger partial charge >= 0.3 is 5.97 Å².